The molecule has 0 fully saturated rings. The lowest BCUT2D eigenvalue weighted by Gasteiger charge is -2.19. The molecule has 2 aromatic carbocycles. The van der Waals surface area contributed by atoms with E-state index in [0.717, 1.165) is 16.5 Å². The van der Waals surface area contributed by atoms with E-state index in [2.05, 4.69) is 10.0 Å². The van der Waals surface area contributed by atoms with Gasteiger partial charge in [0.15, 0.2) is 0 Å². The highest BCUT2D eigenvalue weighted by molar-refractivity contribution is 7.89. The van der Waals surface area contributed by atoms with Crippen LogP contribution in [0.25, 0.3) is 10.8 Å². The van der Waals surface area contributed by atoms with E-state index in [1.165, 1.54) is 0 Å². The monoisotopic (exact) mass is 395 g/mol. The van der Waals surface area contributed by atoms with Crippen LogP contribution in [0.5, 0.6) is 0 Å². The molecule has 0 aromatic heterocycles. The molecule has 0 saturated carbocycles. The first-order chi connectivity index (χ1) is 13.1. The van der Waals surface area contributed by atoms with Crippen molar-refractivity contribution in [3.63, 3.8) is 0 Å². The average Bonchev–Trinajstić information content (AvgIpc) is 2.65. The summed E-state index contributed by atoms with van der Waals surface area (Å²) in [5.41, 5.74) is 0.982. The second-order valence-corrected chi connectivity index (χ2v) is 8.24. The summed E-state index contributed by atoms with van der Waals surface area (Å²) in [6.07, 6.45) is 0.450. The number of hydrogen-bond acceptors (Lipinski definition) is 6. The fourth-order valence-electron chi connectivity index (χ4n) is 2.95. The van der Waals surface area contributed by atoms with Crippen LogP contribution in [-0.2, 0) is 10.0 Å². The Morgan fingerprint density at radius 3 is 2.33 bits per heavy atom. The number of fused-ring (bicyclic) bond motifs is 1. The molecular weight excluding hydrogens is 366 g/mol. The Hall–Kier alpha value is -1.71. The number of benzene rings is 2. The van der Waals surface area contributed by atoms with Gasteiger partial charge >= 0.3 is 0 Å². The Morgan fingerprint density at radius 2 is 1.59 bits per heavy atom. The molecule has 0 atom stereocenters. The Labute approximate surface area is 161 Å². The maximum absolute atomic E-state index is 12.1. The molecule has 7 nitrogen and oxygen atoms in total. The first-order valence-electron chi connectivity index (χ1n) is 9.19. The minimum absolute atomic E-state index is 0.00909. The predicted molar refractivity (Wildman–Crippen MR) is 109 cm³/mol. The van der Waals surface area contributed by atoms with E-state index in [0.29, 0.717) is 39.1 Å². The van der Waals surface area contributed by atoms with Crippen LogP contribution in [0.3, 0.4) is 0 Å². The number of aliphatic hydroxyl groups is 2. The molecule has 150 valence electrons. The highest BCUT2D eigenvalue weighted by Crippen LogP contribution is 2.22. The van der Waals surface area contributed by atoms with E-state index in [4.69, 9.17) is 10.2 Å². The van der Waals surface area contributed by atoms with Gasteiger partial charge in [-0.3, -0.25) is 4.90 Å². The molecule has 0 aliphatic heterocycles. The first-order valence-corrected chi connectivity index (χ1v) is 10.8. The summed E-state index contributed by atoms with van der Waals surface area (Å²) in [6, 6.07) is 14.0. The van der Waals surface area contributed by atoms with Crippen molar-refractivity contribution in [1.82, 2.24) is 9.62 Å². The molecule has 4 N–H and O–H groups in total. The molecule has 2 rings (SSSR count). The Balaban J connectivity index is 1.73. The summed E-state index contributed by atoms with van der Waals surface area (Å²) in [5.74, 6) is 0.0224. The Kier molecular flexibility index (Phi) is 8.96. The molecule has 0 aliphatic carbocycles. The van der Waals surface area contributed by atoms with Gasteiger partial charge in [-0.15, -0.1) is 0 Å². The maximum Gasteiger partial charge on any atom is 0.211 e. The lowest BCUT2D eigenvalue weighted by molar-refractivity contribution is 0.161. The molecule has 0 radical (unpaired) electrons. The minimum atomic E-state index is -3.35. The van der Waals surface area contributed by atoms with Crippen molar-refractivity contribution < 1.29 is 18.6 Å². The molecule has 8 heteroatoms. The molecule has 0 heterocycles. The fourth-order valence-corrected chi connectivity index (χ4v) is 4.02. The zero-order valence-corrected chi connectivity index (χ0v) is 16.3. The van der Waals surface area contributed by atoms with Gasteiger partial charge in [0.1, 0.15) is 0 Å². The maximum atomic E-state index is 12.1. The van der Waals surface area contributed by atoms with Crippen molar-refractivity contribution in [2.75, 3.05) is 57.0 Å². The number of hydrogen-bond donors (Lipinski definition) is 4. The van der Waals surface area contributed by atoms with Gasteiger partial charge in [0.05, 0.1) is 19.0 Å². The standard InChI is InChI=1S/C19H29N3O4S/c23-14-12-22(13-15-24)11-4-16-27(25,26)21-10-9-20-19-8-3-6-17-5-1-2-7-18(17)19/h1-3,5-8,20-21,23-24H,4,9-16H2. The van der Waals surface area contributed by atoms with Crippen LogP contribution in [0.2, 0.25) is 0 Å². The number of rotatable bonds is 13. The molecular formula is C19H29N3O4S. The lowest BCUT2D eigenvalue weighted by atomic mass is 10.1. The Bertz CT molecular complexity index is 787. The van der Waals surface area contributed by atoms with Crippen LogP contribution < -0.4 is 10.0 Å². The van der Waals surface area contributed by atoms with Crippen LogP contribution in [0.4, 0.5) is 5.69 Å². The summed E-state index contributed by atoms with van der Waals surface area (Å²) in [6.45, 7) is 2.18. The van der Waals surface area contributed by atoms with Crippen LogP contribution >= 0.6 is 0 Å². The highest BCUT2D eigenvalue weighted by Gasteiger charge is 2.11. The molecule has 2 aromatic rings. The molecule has 0 aliphatic rings. The van der Waals surface area contributed by atoms with Gasteiger partial charge in [0.25, 0.3) is 0 Å². The molecule has 27 heavy (non-hydrogen) atoms. The van der Waals surface area contributed by atoms with Gasteiger partial charge in [0, 0.05) is 37.3 Å². The van der Waals surface area contributed by atoms with Crippen molar-refractivity contribution in [2.24, 2.45) is 0 Å². The van der Waals surface area contributed by atoms with E-state index >= 15 is 0 Å². The molecule has 0 spiro atoms. The zero-order valence-electron chi connectivity index (χ0n) is 15.5. The number of sulfonamides is 1. The summed E-state index contributed by atoms with van der Waals surface area (Å²) in [5, 5.41) is 23.5. The fraction of sp³-hybridized carbons (Fsp3) is 0.474. The van der Waals surface area contributed by atoms with Crippen molar-refractivity contribution >= 4 is 26.5 Å². The quantitative estimate of drug-likeness (QED) is 0.375. The second kappa shape index (κ2) is 11.2. The second-order valence-electron chi connectivity index (χ2n) is 6.31. The van der Waals surface area contributed by atoms with Gasteiger partial charge in [-0.1, -0.05) is 36.4 Å². The summed E-state index contributed by atoms with van der Waals surface area (Å²) in [4.78, 5) is 1.84. The van der Waals surface area contributed by atoms with Crippen LogP contribution in [-0.4, -0.2) is 75.2 Å². The molecule has 0 saturated heterocycles. The van der Waals surface area contributed by atoms with Crippen LogP contribution in [0.1, 0.15) is 6.42 Å². The van der Waals surface area contributed by atoms with Crippen molar-refractivity contribution in [3.05, 3.63) is 42.5 Å². The third-order valence-corrected chi connectivity index (χ3v) is 5.74. The van der Waals surface area contributed by atoms with Gasteiger partial charge in [0.2, 0.25) is 10.0 Å². The highest BCUT2D eigenvalue weighted by atomic mass is 32.2. The number of aliphatic hydroxyl groups excluding tert-OH is 2. The topological polar surface area (TPSA) is 102 Å². The lowest BCUT2D eigenvalue weighted by Crippen LogP contribution is -2.34. The van der Waals surface area contributed by atoms with Gasteiger partial charge in [-0.05, 0) is 24.4 Å². The number of anilines is 1. The largest absolute Gasteiger partial charge is 0.395 e. The number of nitrogens with zero attached hydrogens (tertiary/aromatic N) is 1. The van der Waals surface area contributed by atoms with E-state index in [1.807, 2.05) is 47.4 Å². The molecule has 0 amide bonds. The van der Waals surface area contributed by atoms with Crippen LogP contribution in [0.15, 0.2) is 42.5 Å². The van der Waals surface area contributed by atoms with Gasteiger partial charge in [-0.25, -0.2) is 13.1 Å². The van der Waals surface area contributed by atoms with E-state index in [1.54, 1.807) is 0 Å². The van der Waals surface area contributed by atoms with Gasteiger partial charge in [-0.2, -0.15) is 0 Å². The molecule has 0 bridgehead atoms. The summed E-state index contributed by atoms with van der Waals surface area (Å²) >= 11 is 0. The smallest absolute Gasteiger partial charge is 0.211 e. The molecule has 0 unspecified atom stereocenters. The van der Waals surface area contributed by atoms with Crippen LogP contribution in [0, 0.1) is 0 Å². The normalized spacial score (nSPS) is 12.0. The third kappa shape index (κ3) is 7.43. The van der Waals surface area contributed by atoms with Gasteiger partial charge < -0.3 is 15.5 Å². The zero-order chi connectivity index (χ0) is 19.5. The van der Waals surface area contributed by atoms with E-state index in [-0.39, 0.29) is 19.0 Å². The Morgan fingerprint density at radius 1 is 0.889 bits per heavy atom. The summed E-state index contributed by atoms with van der Waals surface area (Å²) in [7, 11) is -3.35. The number of nitrogens with one attached hydrogen (secondary N) is 2. The van der Waals surface area contributed by atoms with E-state index in [9.17, 15) is 8.42 Å². The SMILES string of the molecule is O=S(=O)(CCCN(CCO)CCO)NCCNc1cccc2ccccc12. The minimum Gasteiger partial charge on any atom is -0.395 e. The summed E-state index contributed by atoms with van der Waals surface area (Å²) < 4.78 is 26.8. The van der Waals surface area contributed by atoms with Crippen molar-refractivity contribution in [1.29, 1.82) is 0 Å². The average molecular weight is 396 g/mol. The predicted octanol–water partition coefficient (Wildman–Crippen LogP) is 0.848. The van der Waals surface area contributed by atoms with Crippen molar-refractivity contribution in [2.45, 2.75) is 6.42 Å². The first kappa shape index (κ1) is 21.6. The van der Waals surface area contributed by atoms with Crippen molar-refractivity contribution in [3.8, 4) is 0 Å². The third-order valence-electron chi connectivity index (χ3n) is 4.27. The van der Waals surface area contributed by atoms with E-state index < -0.39 is 10.0 Å².